The third-order valence-electron chi connectivity index (χ3n) is 3.26. The number of para-hydroxylation sites is 1. The van der Waals surface area contributed by atoms with E-state index >= 15 is 0 Å². The molecule has 1 aliphatic rings. The molecule has 102 valence electrons. The van der Waals surface area contributed by atoms with Crippen molar-refractivity contribution in [3.63, 3.8) is 0 Å². The predicted octanol–water partition coefficient (Wildman–Crippen LogP) is 3.97. The second kappa shape index (κ2) is 6.01. The Morgan fingerprint density at radius 3 is 2.40 bits per heavy atom. The second-order valence-corrected chi connectivity index (χ2v) is 5.81. The lowest BCUT2D eigenvalue weighted by Gasteiger charge is -2.24. The zero-order chi connectivity index (χ0) is 13.8. The molecule has 1 atom stereocenters. The molecule has 1 aliphatic heterocycles. The Morgan fingerprint density at radius 2 is 1.70 bits per heavy atom. The van der Waals surface area contributed by atoms with Gasteiger partial charge in [-0.1, -0.05) is 48.5 Å². The zero-order valence-electron chi connectivity index (χ0n) is 11.0. The number of carbonyl (C=O) groups is 1. The van der Waals surface area contributed by atoms with Gasteiger partial charge >= 0.3 is 6.03 Å². The van der Waals surface area contributed by atoms with E-state index in [9.17, 15) is 4.79 Å². The summed E-state index contributed by atoms with van der Waals surface area (Å²) >= 11 is 1.81. The first-order valence-corrected chi connectivity index (χ1v) is 7.69. The Morgan fingerprint density at radius 1 is 1.05 bits per heavy atom. The Balaban J connectivity index is 1.74. The van der Waals surface area contributed by atoms with E-state index in [4.69, 9.17) is 0 Å². The number of nitrogens with zero attached hydrogens (tertiary/aromatic N) is 1. The first kappa shape index (κ1) is 13.1. The van der Waals surface area contributed by atoms with Crippen LogP contribution in [0.2, 0.25) is 0 Å². The largest absolute Gasteiger partial charge is 0.323 e. The van der Waals surface area contributed by atoms with Crippen molar-refractivity contribution in [2.75, 3.05) is 17.6 Å². The van der Waals surface area contributed by atoms with Gasteiger partial charge in [0.25, 0.3) is 0 Å². The molecule has 0 bridgehead atoms. The maximum Gasteiger partial charge on any atom is 0.323 e. The SMILES string of the molecule is O=C(Nc1ccccc1)N1CCSC1c1ccccc1. The summed E-state index contributed by atoms with van der Waals surface area (Å²) in [6, 6.07) is 19.7. The van der Waals surface area contributed by atoms with Crippen LogP contribution in [0.1, 0.15) is 10.9 Å². The van der Waals surface area contributed by atoms with Crippen molar-refractivity contribution in [3.05, 3.63) is 66.2 Å². The van der Waals surface area contributed by atoms with Gasteiger partial charge in [-0.2, -0.15) is 0 Å². The molecule has 2 amide bonds. The molecule has 1 heterocycles. The maximum absolute atomic E-state index is 12.4. The van der Waals surface area contributed by atoms with E-state index in [1.807, 2.05) is 65.2 Å². The lowest BCUT2D eigenvalue weighted by atomic mass is 10.2. The number of thioether (sulfide) groups is 1. The first-order chi connectivity index (χ1) is 9.84. The molecule has 1 saturated heterocycles. The predicted molar refractivity (Wildman–Crippen MR) is 83.8 cm³/mol. The number of benzene rings is 2. The lowest BCUT2D eigenvalue weighted by molar-refractivity contribution is 0.214. The average Bonchev–Trinajstić information content (AvgIpc) is 2.99. The topological polar surface area (TPSA) is 32.3 Å². The third kappa shape index (κ3) is 2.80. The molecule has 1 N–H and O–H groups in total. The van der Waals surface area contributed by atoms with Gasteiger partial charge in [0.1, 0.15) is 5.37 Å². The molecule has 1 fully saturated rings. The molecule has 4 heteroatoms. The van der Waals surface area contributed by atoms with Crippen LogP contribution in [-0.4, -0.2) is 23.2 Å². The Kier molecular flexibility index (Phi) is 3.92. The Hall–Kier alpha value is -1.94. The summed E-state index contributed by atoms with van der Waals surface area (Å²) < 4.78 is 0. The number of nitrogens with one attached hydrogen (secondary N) is 1. The van der Waals surface area contributed by atoms with E-state index in [1.54, 1.807) is 0 Å². The summed E-state index contributed by atoms with van der Waals surface area (Å²) in [5.74, 6) is 0.974. The Labute approximate surface area is 123 Å². The van der Waals surface area contributed by atoms with Gasteiger partial charge in [0, 0.05) is 18.0 Å². The lowest BCUT2D eigenvalue weighted by Crippen LogP contribution is -2.34. The summed E-state index contributed by atoms with van der Waals surface area (Å²) in [7, 11) is 0. The van der Waals surface area contributed by atoms with Crippen LogP contribution in [0, 0.1) is 0 Å². The van der Waals surface area contributed by atoms with Gasteiger partial charge in [0.15, 0.2) is 0 Å². The van der Waals surface area contributed by atoms with Gasteiger partial charge < -0.3 is 10.2 Å². The maximum atomic E-state index is 12.4. The number of hydrogen-bond donors (Lipinski definition) is 1. The summed E-state index contributed by atoms with van der Waals surface area (Å²) in [4.78, 5) is 14.3. The third-order valence-corrected chi connectivity index (χ3v) is 4.52. The average molecular weight is 284 g/mol. The van der Waals surface area contributed by atoms with Crippen molar-refractivity contribution in [1.82, 2.24) is 4.90 Å². The molecule has 20 heavy (non-hydrogen) atoms. The van der Waals surface area contributed by atoms with Crippen LogP contribution in [0.25, 0.3) is 0 Å². The first-order valence-electron chi connectivity index (χ1n) is 6.64. The van der Waals surface area contributed by atoms with Crippen molar-refractivity contribution >= 4 is 23.5 Å². The molecule has 0 spiro atoms. The van der Waals surface area contributed by atoms with Crippen molar-refractivity contribution in [2.24, 2.45) is 0 Å². The summed E-state index contributed by atoms with van der Waals surface area (Å²) in [6.07, 6.45) is 0. The highest BCUT2D eigenvalue weighted by Gasteiger charge is 2.30. The van der Waals surface area contributed by atoms with Gasteiger partial charge in [-0.3, -0.25) is 0 Å². The van der Waals surface area contributed by atoms with Gasteiger partial charge in [-0.25, -0.2) is 4.79 Å². The van der Waals surface area contributed by atoms with Crippen molar-refractivity contribution in [3.8, 4) is 0 Å². The number of anilines is 1. The minimum Gasteiger partial charge on any atom is -0.308 e. The van der Waals surface area contributed by atoms with Gasteiger partial charge in [0.05, 0.1) is 0 Å². The molecule has 2 aromatic rings. The van der Waals surface area contributed by atoms with Crippen LogP contribution in [0.3, 0.4) is 0 Å². The number of carbonyl (C=O) groups excluding carboxylic acids is 1. The molecular formula is C16H16N2OS. The second-order valence-electron chi connectivity index (χ2n) is 4.62. The monoisotopic (exact) mass is 284 g/mol. The fourth-order valence-corrected chi connectivity index (χ4v) is 3.54. The fraction of sp³-hybridized carbons (Fsp3) is 0.188. The fourth-order valence-electron chi connectivity index (χ4n) is 2.29. The van der Waals surface area contributed by atoms with Crippen LogP contribution >= 0.6 is 11.8 Å². The van der Waals surface area contributed by atoms with Crippen molar-refractivity contribution in [1.29, 1.82) is 0 Å². The van der Waals surface area contributed by atoms with Crippen LogP contribution < -0.4 is 5.32 Å². The molecule has 2 aromatic carbocycles. The van der Waals surface area contributed by atoms with E-state index < -0.39 is 0 Å². The number of urea groups is 1. The number of rotatable bonds is 2. The Bertz CT molecular complexity index is 574. The standard InChI is InChI=1S/C16H16N2OS/c19-16(17-14-9-5-2-6-10-14)18-11-12-20-15(18)13-7-3-1-4-8-13/h1-10,15H,11-12H2,(H,17,19). The summed E-state index contributed by atoms with van der Waals surface area (Å²) in [5.41, 5.74) is 2.01. The van der Waals surface area contributed by atoms with E-state index in [-0.39, 0.29) is 11.4 Å². The molecule has 3 nitrogen and oxygen atoms in total. The summed E-state index contributed by atoms with van der Waals surface area (Å²) in [5, 5.41) is 3.07. The van der Waals surface area contributed by atoms with E-state index in [0.717, 1.165) is 18.0 Å². The molecule has 0 aromatic heterocycles. The van der Waals surface area contributed by atoms with E-state index in [1.165, 1.54) is 5.56 Å². The highest BCUT2D eigenvalue weighted by molar-refractivity contribution is 7.99. The van der Waals surface area contributed by atoms with Crippen LogP contribution in [-0.2, 0) is 0 Å². The minimum absolute atomic E-state index is 0.0324. The van der Waals surface area contributed by atoms with Crippen LogP contribution in [0.5, 0.6) is 0 Å². The zero-order valence-corrected chi connectivity index (χ0v) is 11.8. The minimum atomic E-state index is -0.0324. The molecule has 0 aliphatic carbocycles. The highest BCUT2D eigenvalue weighted by atomic mass is 32.2. The highest BCUT2D eigenvalue weighted by Crippen LogP contribution is 2.37. The van der Waals surface area contributed by atoms with Crippen molar-refractivity contribution < 1.29 is 4.79 Å². The molecule has 1 unspecified atom stereocenters. The van der Waals surface area contributed by atoms with E-state index in [2.05, 4.69) is 17.4 Å². The van der Waals surface area contributed by atoms with Gasteiger partial charge in [-0.05, 0) is 17.7 Å². The molecule has 3 rings (SSSR count). The quantitative estimate of drug-likeness (QED) is 0.905. The van der Waals surface area contributed by atoms with Crippen LogP contribution in [0.4, 0.5) is 10.5 Å². The van der Waals surface area contributed by atoms with Crippen LogP contribution in [0.15, 0.2) is 60.7 Å². The van der Waals surface area contributed by atoms with Gasteiger partial charge in [-0.15, -0.1) is 11.8 Å². The summed E-state index contributed by atoms with van der Waals surface area (Å²) in [6.45, 7) is 0.781. The molecule has 0 saturated carbocycles. The number of hydrogen-bond acceptors (Lipinski definition) is 2. The number of amides is 2. The smallest absolute Gasteiger partial charge is 0.308 e. The van der Waals surface area contributed by atoms with Gasteiger partial charge in [0.2, 0.25) is 0 Å². The van der Waals surface area contributed by atoms with E-state index in [0.29, 0.717) is 0 Å². The van der Waals surface area contributed by atoms with Crippen molar-refractivity contribution in [2.45, 2.75) is 5.37 Å². The molecule has 0 radical (unpaired) electrons. The molecular weight excluding hydrogens is 268 g/mol. The normalized spacial score (nSPS) is 18.0.